The Morgan fingerprint density at radius 3 is 2.79 bits per heavy atom. The molecule has 1 rings (SSSR count). The van der Waals surface area contributed by atoms with Gasteiger partial charge in [0.2, 0.25) is 0 Å². The van der Waals surface area contributed by atoms with Crippen LogP contribution in [0.5, 0.6) is 0 Å². The lowest BCUT2D eigenvalue weighted by molar-refractivity contribution is -0.149. The van der Waals surface area contributed by atoms with Crippen molar-refractivity contribution in [1.29, 1.82) is 0 Å². The van der Waals surface area contributed by atoms with Gasteiger partial charge in [-0.05, 0) is 45.2 Å². The fourth-order valence-corrected chi connectivity index (χ4v) is 2.89. The van der Waals surface area contributed by atoms with E-state index in [-0.39, 0.29) is 5.97 Å². The van der Waals surface area contributed by atoms with Gasteiger partial charge in [-0.15, -0.1) is 0 Å². The number of hydrogen-bond donors (Lipinski definition) is 1. The summed E-state index contributed by atoms with van der Waals surface area (Å²) in [6.45, 7) is 10.1. The van der Waals surface area contributed by atoms with Crippen LogP contribution in [0.1, 0.15) is 46.5 Å². The molecule has 2 unspecified atom stereocenters. The van der Waals surface area contributed by atoms with Gasteiger partial charge in [-0.25, -0.2) is 0 Å². The third-order valence-electron chi connectivity index (χ3n) is 4.12. The number of piperidine rings is 1. The number of hydrogen-bond acceptors (Lipinski definition) is 4. The Morgan fingerprint density at radius 1 is 1.47 bits per heavy atom. The zero-order valence-corrected chi connectivity index (χ0v) is 13.0. The van der Waals surface area contributed by atoms with Crippen molar-refractivity contribution >= 4 is 5.97 Å². The van der Waals surface area contributed by atoms with E-state index in [9.17, 15) is 4.79 Å². The predicted octanol–water partition coefficient (Wildman–Crippen LogP) is 2.04. The van der Waals surface area contributed by atoms with E-state index in [0.29, 0.717) is 0 Å². The molecular formula is C15H30N2O2. The summed E-state index contributed by atoms with van der Waals surface area (Å²) in [7, 11) is 1.47. The molecule has 1 N–H and O–H groups in total. The average Bonchev–Trinajstić information content (AvgIpc) is 2.44. The molecule has 1 heterocycles. The maximum absolute atomic E-state index is 12.1. The highest BCUT2D eigenvalue weighted by atomic mass is 16.5. The molecule has 4 heteroatoms. The van der Waals surface area contributed by atoms with Crippen LogP contribution in [0.15, 0.2) is 0 Å². The Labute approximate surface area is 117 Å². The van der Waals surface area contributed by atoms with Gasteiger partial charge in [0, 0.05) is 13.1 Å². The van der Waals surface area contributed by atoms with Crippen LogP contribution in [0.3, 0.4) is 0 Å². The molecule has 2 atom stereocenters. The molecule has 0 aromatic carbocycles. The van der Waals surface area contributed by atoms with E-state index < -0.39 is 5.54 Å². The summed E-state index contributed by atoms with van der Waals surface area (Å²) in [5, 5.41) is 3.36. The van der Waals surface area contributed by atoms with Crippen LogP contribution >= 0.6 is 0 Å². The molecule has 19 heavy (non-hydrogen) atoms. The predicted molar refractivity (Wildman–Crippen MR) is 78.2 cm³/mol. The van der Waals surface area contributed by atoms with Crippen molar-refractivity contribution in [2.75, 3.05) is 33.3 Å². The van der Waals surface area contributed by atoms with Crippen molar-refractivity contribution in [3.05, 3.63) is 0 Å². The fraction of sp³-hybridized carbons (Fsp3) is 0.933. The van der Waals surface area contributed by atoms with Crippen molar-refractivity contribution in [2.24, 2.45) is 5.92 Å². The van der Waals surface area contributed by atoms with E-state index in [0.717, 1.165) is 38.5 Å². The molecule has 0 aliphatic carbocycles. The van der Waals surface area contributed by atoms with E-state index in [1.807, 2.05) is 6.92 Å². The zero-order valence-electron chi connectivity index (χ0n) is 13.0. The largest absolute Gasteiger partial charge is 0.468 e. The van der Waals surface area contributed by atoms with Crippen LogP contribution in [0.2, 0.25) is 0 Å². The third-order valence-corrected chi connectivity index (χ3v) is 4.12. The normalized spacial score (nSPS) is 23.9. The minimum atomic E-state index is -0.583. The quantitative estimate of drug-likeness (QED) is 0.719. The lowest BCUT2D eigenvalue weighted by Gasteiger charge is -2.38. The van der Waals surface area contributed by atoms with Gasteiger partial charge in [0.25, 0.3) is 0 Å². The van der Waals surface area contributed by atoms with Crippen LogP contribution in [-0.4, -0.2) is 49.7 Å². The van der Waals surface area contributed by atoms with Gasteiger partial charge in [0.15, 0.2) is 0 Å². The molecule has 1 aliphatic heterocycles. The average molecular weight is 270 g/mol. The molecule has 0 spiro atoms. The summed E-state index contributed by atoms with van der Waals surface area (Å²) in [6, 6.07) is 0. The molecule has 0 amide bonds. The SMILES string of the molecule is CCCNC(C)(CN1CCCC(CC)C1)C(=O)OC. The summed E-state index contributed by atoms with van der Waals surface area (Å²) in [6.07, 6.45) is 4.81. The third kappa shape index (κ3) is 4.77. The van der Waals surface area contributed by atoms with Crippen molar-refractivity contribution < 1.29 is 9.53 Å². The number of ether oxygens (including phenoxy) is 1. The number of carbonyl (C=O) groups is 1. The molecular weight excluding hydrogens is 240 g/mol. The van der Waals surface area contributed by atoms with E-state index in [4.69, 9.17) is 4.74 Å². The monoisotopic (exact) mass is 270 g/mol. The molecule has 1 aliphatic rings. The minimum Gasteiger partial charge on any atom is -0.468 e. The van der Waals surface area contributed by atoms with E-state index in [2.05, 4.69) is 24.1 Å². The number of likely N-dealkylation sites (tertiary alicyclic amines) is 1. The van der Waals surface area contributed by atoms with Crippen LogP contribution < -0.4 is 5.32 Å². The number of carbonyl (C=O) groups excluding carboxylic acids is 1. The van der Waals surface area contributed by atoms with Crippen LogP contribution in [-0.2, 0) is 9.53 Å². The second-order valence-corrected chi connectivity index (χ2v) is 5.90. The van der Waals surface area contributed by atoms with Crippen molar-refractivity contribution in [1.82, 2.24) is 10.2 Å². The standard InChI is InChI=1S/C15H30N2O2/c1-5-9-16-15(3,14(18)19-4)12-17-10-7-8-13(6-2)11-17/h13,16H,5-12H2,1-4H3. The highest BCUT2D eigenvalue weighted by molar-refractivity contribution is 5.80. The van der Waals surface area contributed by atoms with Crippen LogP contribution in [0, 0.1) is 5.92 Å². The summed E-state index contributed by atoms with van der Waals surface area (Å²) in [4.78, 5) is 14.5. The first kappa shape index (κ1) is 16.4. The molecule has 1 fully saturated rings. The summed E-state index contributed by atoms with van der Waals surface area (Å²) < 4.78 is 4.98. The topological polar surface area (TPSA) is 41.6 Å². The highest BCUT2D eigenvalue weighted by Gasteiger charge is 2.36. The molecule has 0 aromatic rings. The van der Waals surface area contributed by atoms with Crippen molar-refractivity contribution in [3.8, 4) is 0 Å². The fourth-order valence-electron chi connectivity index (χ4n) is 2.89. The van der Waals surface area contributed by atoms with E-state index in [1.54, 1.807) is 0 Å². The number of esters is 1. The zero-order chi connectivity index (χ0) is 14.3. The van der Waals surface area contributed by atoms with Crippen LogP contribution in [0.4, 0.5) is 0 Å². The summed E-state index contributed by atoms with van der Waals surface area (Å²) >= 11 is 0. The van der Waals surface area contributed by atoms with Gasteiger partial charge in [-0.3, -0.25) is 4.79 Å². The Balaban J connectivity index is 2.63. The maximum Gasteiger partial charge on any atom is 0.327 e. The number of methoxy groups -OCH3 is 1. The molecule has 0 bridgehead atoms. The molecule has 0 saturated carbocycles. The minimum absolute atomic E-state index is 0.153. The summed E-state index contributed by atoms with van der Waals surface area (Å²) in [5.41, 5.74) is -0.583. The Hall–Kier alpha value is -0.610. The smallest absolute Gasteiger partial charge is 0.327 e. The van der Waals surface area contributed by atoms with Gasteiger partial charge in [0.05, 0.1) is 7.11 Å². The van der Waals surface area contributed by atoms with Gasteiger partial charge < -0.3 is 15.0 Å². The van der Waals surface area contributed by atoms with E-state index >= 15 is 0 Å². The Bertz CT molecular complexity index is 283. The Morgan fingerprint density at radius 2 is 2.21 bits per heavy atom. The maximum atomic E-state index is 12.1. The van der Waals surface area contributed by atoms with Gasteiger partial charge >= 0.3 is 5.97 Å². The molecule has 112 valence electrons. The molecule has 4 nitrogen and oxygen atoms in total. The van der Waals surface area contributed by atoms with Crippen LogP contribution in [0.25, 0.3) is 0 Å². The first-order valence-corrected chi connectivity index (χ1v) is 7.61. The second kappa shape index (κ2) is 7.85. The Kier molecular flexibility index (Phi) is 6.80. The number of rotatable bonds is 7. The van der Waals surface area contributed by atoms with E-state index in [1.165, 1.54) is 26.4 Å². The van der Waals surface area contributed by atoms with Gasteiger partial charge in [0.1, 0.15) is 5.54 Å². The lowest BCUT2D eigenvalue weighted by Crippen LogP contribution is -2.58. The van der Waals surface area contributed by atoms with Gasteiger partial charge in [-0.2, -0.15) is 0 Å². The molecule has 0 aromatic heterocycles. The molecule has 0 radical (unpaired) electrons. The van der Waals surface area contributed by atoms with Gasteiger partial charge in [-0.1, -0.05) is 20.3 Å². The highest BCUT2D eigenvalue weighted by Crippen LogP contribution is 2.21. The lowest BCUT2D eigenvalue weighted by atomic mass is 9.93. The first-order valence-electron chi connectivity index (χ1n) is 7.61. The second-order valence-electron chi connectivity index (χ2n) is 5.90. The van der Waals surface area contributed by atoms with Crippen molar-refractivity contribution in [3.63, 3.8) is 0 Å². The van der Waals surface area contributed by atoms with Crippen molar-refractivity contribution in [2.45, 2.75) is 52.0 Å². The molecule has 1 saturated heterocycles. The summed E-state index contributed by atoms with van der Waals surface area (Å²) in [5.74, 6) is 0.626. The number of nitrogens with zero attached hydrogens (tertiary/aromatic N) is 1. The first-order chi connectivity index (χ1) is 9.05. The number of nitrogens with one attached hydrogen (secondary N) is 1.